The van der Waals surface area contributed by atoms with Gasteiger partial charge < -0.3 is 4.90 Å². The molecule has 1 heterocycles. The summed E-state index contributed by atoms with van der Waals surface area (Å²) in [5.41, 5.74) is 0.0480. The van der Waals surface area contributed by atoms with Crippen LogP contribution in [0.15, 0.2) is 0 Å². The van der Waals surface area contributed by atoms with Crippen LogP contribution < -0.4 is 5.14 Å². The summed E-state index contributed by atoms with van der Waals surface area (Å²) in [5, 5.41) is 5.11. The molecular weight excluding hydrogens is 278 g/mol. The summed E-state index contributed by atoms with van der Waals surface area (Å²) < 4.78 is 23.8. The van der Waals surface area contributed by atoms with E-state index < -0.39 is 10.2 Å². The highest BCUT2D eigenvalue weighted by atomic mass is 32.2. The quantitative estimate of drug-likeness (QED) is 0.808. The zero-order chi connectivity index (χ0) is 15.0. The molecule has 116 valence electrons. The van der Waals surface area contributed by atoms with Crippen LogP contribution in [-0.4, -0.2) is 49.7 Å². The van der Waals surface area contributed by atoms with Crippen molar-refractivity contribution in [2.75, 3.05) is 26.2 Å². The zero-order valence-corrected chi connectivity index (χ0v) is 13.2. The molecule has 20 heavy (non-hydrogen) atoms. The van der Waals surface area contributed by atoms with Crippen LogP contribution in [0.3, 0.4) is 0 Å². The minimum atomic E-state index is -3.63. The number of carbonyl (C=O) groups excluding carboxylic acids is 1. The number of piperazine rings is 1. The van der Waals surface area contributed by atoms with E-state index in [0.29, 0.717) is 26.2 Å². The first kappa shape index (κ1) is 15.7. The first-order valence-electron chi connectivity index (χ1n) is 7.28. The van der Waals surface area contributed by atoms with E-state index in [2.05, 4.69) is 13.8 Å². The molecule has 0 aromatic heterocycles. The summed E-state index contributed by atoms with van der Waals surface area (Å²) in [6.07, 6.45) is 4.33. The predicted molar refractivity (Wildman–Crippen MR) is 77.0 cm³/mol. The monoisotopic (exact) mass is 303 g/mol. The van der Waals surface area contributed by atoms with Crippen molar-refractivity contribution in [1.82, 2.24) is 9.21 Å². The van der Waals surface area contributed by atoms with Gasteiger partial charge in [-0.1, -0.05) is 26.7 Å². The molecule has 1 aliphatic heterocycles. The Kier molecular flexibility index (Phi) is 4.41. The Balaban J connectivity index is 1.98. The van der Waals surface area contributed by atoms with E-state index in [0.717, 1.165) is 19.3 Å². The largest absolute Gasteiger partial charge is 0.340 e. The van der Waals surface area contributed by atoms with Crippen molar-refractivity contribution < 1.29 is 13.2 Å². The second-order valence-electron chi connectivity index (χ2n) is 6.56. The third-order valence-electron chi connectivity index (χ3n) is 4.72. The van der Waals surface area contributed by atoms with E-state index in [4.69, 9.17) is 5.14 Å². The Morgan fingerprint density at radius 1 is 1.15 bits per heavy atom. The van der Waals surface area contributed by atoms with Gasteiger partial charge in [0.15, 0.2) is 0 Å². The Bertz CT molecular complexity index is 467. The first-order chi connectivity index (χ1) is 9.22. The molecule has 1 saturated heterocycles. The van der Waals surface area contributed by atoms with Crippen molar-refractivity contribution in [3.05, 3.63) is 0 Å². The highest BCUT2D eigenvalue weighted by molar-refractivity contribution is 7.86. The number of carbonyl (C=O) groups is 1. The topological polar surface area (TPSA) is 83.7 Å². The van der Waals surface area contributed by atoms with Gasteiger partial charge in [-0.25, -0.2) is 5.14 Å². The summed E-state index contributed by atoms with van der Waals surface area (Å²) in [4.78, 5) is 14.5. The van der Waals surface area contributed by atoms with Crippen molar-refractivity contribution in [3.63, 3.8) is 0 Å². The van der Waals surface area contributed by atoms with E-state index in [9.17, 15) is 13.2 Å². The zero-order valence-electron chi connectivity index (χ0n) is 12.3. The van der Waals surface area contributed by atoms with Gasteiger partial charge in [0, 0.05) is 32.1 Å². The van der Waals surface area contributed by atoms with E-state index >= 15 is 0 Å². The van der Waals surface area contributed by atoms with Gasteiger partial charge in [0.05, 0.1) is 0 Å². The van der Waals surface area contributed by atoms with Crippen LogP contribution in [0.25, 0.3) is 0 Å². The average Bonchev–Trinajstić information content (AvgIpc) is 2.36. The van der Waals surface area contributed by atoms with Gasteiger partial charge >= 0.3 is 0 Å². The second kappa shape index (κ2) is 5.61. The third-order valence-corrected chi connectivity index (χ3v) is 5.80. The summed E-state index contributed by atoms with van der Waals surface area (Å²) in [7, 11) is -3.63. The molecule has 1 saturated carbocycles. The van der Waals surface area contributed by atoms with Crippen LogP contribution in [0.4, 0.5) is 0 Å². The summed E-state index contributed by atoms with van der Waals surface area (Å²) in [6, 6.07) is 0. The smallest absolute Gasteiger partial charge is 0.277 e. The first-order valence-corrected chi connectivity index (χ1v) is 8.79. The molecule has 1 unspecified atom stereocenters. The lowest BCUT2D eigenvalue weighted by Gasteiger charge is -2.42. The third kappa shape index (κ3) is 3.32. The van der Waals surface area contributed by atoms with Gasteiger partial charge in [-0.05, 0) is 18.3 Å². The number of hydrogen-bond donors (Lipinski definition) is 1. The number of nitrogens with zero attached hydrogens (tertiary/aromatic N) is 2. The van der Waals surface area contributed by atoms with E-state index in [-0.39, 0.29) is 17.2 Å². The highest BCUT2D eigenvalue weighted by Gasteiger charge is 2.40. The fourth-order valence-corrected chi connectivity index (χ4v) is 4.01. The van der Waals surface area contributed by atoms with Crippen LogP contribution in [0.1, 0.15) is 39.5 Å². The van der Waals surface area contributed by atoms with E-state index in [1.54, 1.807) is 4.90 Å². The van der Waals surface area contributed by atoms with Gasteiger partial charge in [0.2, 0.25) is 5.91 Å². The Labute approximate surface area is 121 Å². The van der Waals surface area contributed by atoms with E-state index in [1.807, 2.05) is 0 Å². The molecule has 0 bridgehead atoms. The van der Waals surface area contributed by atoms with E-state index in [1.165, 1.54) is 10.7 Å². The minimum Gasteiger partial charge on any atom is -0.340 e. The lowest BCUT2D eigenvalue weighted by atomic mass is 9.68. The Morgan fingerprint density at radius 2 is 1.75 bits per heavy atom. The summed E-state index contributed by atoms with van der Waals surface area (Å²) in [6.45, 7) is 5.82. The van der Waals surface area contributed by atoms with Crippen LogP contribution >= 0.6 is 0 Å². The molecule has 2 fully saturated rings. The van der Waals surface area contributed by atoms with Crippen molar-refractivity contribution >= 4 is 16.1 Å². The van der Waals surface area contributed by atoms with Crippen molar-refractivity contribution in [1.29, 1.82) is 0 Å². The molecule has 2 rings (SSSR count). The van der Waals surface area contributed by atoms with Crippen molar-refractivity contribution in [3.8, 4) is 0 Å². The normalized spacial score (nSPS) is 28.4. The number of hydrogen-bond acceptors (Lipinski definition) is 3. The van der Waals surface area contributed by atoms with Gasteiger partial charge in [0.25, 0.3) is 10.2 Å². The fraction of sp³-hybridized carbons (Fsp3) is 0.923. The van der Waals surface area contributed by atoms with Crippen LogP contribution in [0.2, 0.25) is 0 Å². The molecule has 0 spiro atoms. The van der Waals surface area contributed by atoms with Crippen LogP contribution in [-0.2, 0) is 15.0 Å². The minimum absolute atomic E-state index is 0.0480. The molecule has 2 aliphatic rings. The molecule has 1 amide bonds. The molecule has 6 nitrogen and oxygen atoms in total. The second-order valence-corrected chi connectivity index (χ2v) is 8.10. The lowest BCUT2D eigenvalue weighted by molar-refractivity contribution is -0.142. The predicted octanol–water partition coefficient (Wildman–Crippen LogP) is 0.551. The SMILES string of the molecule is CC1(C)CCCCC1C(=O)N1CCN(S(N)(=O)=O)CC1. The summed E-state index contributed by atoms with van der Waals surface area (Å²) >= 11 is 0. The van der Waals surface area contributed by atoms with Crippen molar-refractivity contribution in [2.45, 2.75) is 39.5 Å². The molecule has 1 atom stereocenters. The number of rotatable bonds is 2. The molecule has 1 aliphatic carbocycles. The Hall–Kier alpha value is -0.660. The maximum Gasteiger partial charge on any atom is 0.277 e. The van der Waals surface area contributed by atoms with Crippen molar-refractivity contribution in [2.24, 2.45) is 16.5 Å². The molecule has 7 heteroatoms. The van der Waals surface area contributed by atoms with Gasteiger partial charge in [-0.2, -0.15) is 12.7 Å². The van der Waals surface area contributed by atoms with Gasteiger partial charge in [-0.15, -0.1) is 0 Å². The maximum atomic E-state index is 12.7. The number of amides is 1. The van der Waals surface area contributed by atoms with Gasteiger partial charge in [-0.3, -0.25) is 4.79 Å². The highest BCUT2D eigenvalue weighted by Crippen LogP contribution is 2.41. The van der Waals surface area contributed by atoms with Gasteiger partial charge in [0.1, 0.15) is 0 Å². The molecule has 0 aromatic rings. The summed E-state index contributed by atoms with van der Waals surface area (Å²) in [5.74, 6) is 0.251. The molecule has 0 radical (unpaired) electrons. The molecule has 2 N–H and O–H groups in total. The Morgan fingerprint density at radius 3 is 2.25 bits per heavy atom. The van der Waals surface area contributed by atoms with Crippen LogP contribution in [0, 0.1) is 11.3 Å². The van der Waals surface area contributed by atoms with Crippen LogP contribution in [0.5, 0.6) is 0 Å². The average molecular weight is 303 g/mol. The fourth-order valence-electron chi connectivity index (χ4n) is 3.34. The number of nitrogens with two attached hydrogens (primary N) is 1. The molecular formula is C13H25N3O3S. The standard InChI is InChI=1S/C13H25N3O3S/c1-13(2)6-4-3-5-11(13)12(17)15-7-9-16(10-8-15)20(14,18)19/h11H,3-10H2,1-2H3,(H2,14,18,19). The lowest BCUT2D eigenvalue weighted by Crippen LogP contribution is -2.54. The maximum absolute atomic E-state index is 12.7. The molecule has 0 aromatic carbocycles.